The Hall–Kier alpha value is -3.87. The quantitative estimate of drug-likeness (QED) is 0.530. The molecule has 0 aliphatic carbocycles. The summed E-state index contributed by atoms with van der Waals surface area (Å²) in [5.41, 5.74) is 5.06. The Morgan fingerprint density at radius 2 is 1.90 bits per heavy atom. The lowest BCUT2D eigenvalue weighted by Crippen LogP contribution is -2.22. The first-order valence-electron chi connectivity index (χ1n) is 10.2. The molecule has 0 bridgehead atoms. The second-order valence-corrected chi connectivity index (χ2v) is 7.77. The maximum absolute atomic E-state index is 12.8. The number of fused-ring (bicyclic) bond motifs is 2. The number of ether oxygens (including phenoxy) is 2. The molecule has 156 valence electrons. The number of carbonyl (C=O) groups is 1. The monoisotopic (exact) mass is 414 g/mol. The molecule has 7 heteroatoms. The van der Waals surface area contributed by atoms with Gasteiger partial charge in [0.2, 0.25) is 6.79 Å². The van der Waals surface area contributed by atoms with Crippen LogP contribution in [0.25, 0.3) is 16.9 Å². The van der Waals surface area contributed by atoms with Gasteiger partial charge in [0.15, 0.2) is 17.1 Å². The number of benzene rings is 2. The molecule has 0 unspecified atom stereocenters. The van der Waals surface area contributed by atoms with E-state index in [0.29, 0.717) is 29.4 Å². The summed E-state index contributed by atoms with van der Waals surface area (Å²) >= 11 is 0. The Morgan fingerprint density at radius 1 is 1.10 bits per heavy atom. The van der Waals surface area contributed by atoms with Crippen molar-refractivity contribution in [2.24, 2.45) is 0 Å². The van der Waals surface area contributed by atoms with E-state index in [2.05, 4.69) is 53.5 Å². The van der Waals surface area contributed by atoms with E-state index in [1.807, 2.05) is 24.3 Å². The van der Waals surface area contributed by atoms with Crippen LogP contribution < -0.4 is 14.8 Å². The largest absolute Gasteiger partial charge is 0.454 e. The van der Waals surface area contributed by atoms with Crippen molar-refractivity contribution in [3.8, 4) is 22.8 Å². The first-order chi connectivity index (χ1) is 15.1. The Kier molecular flexibility index (Phi) is 4.78. The molecule has 0 atom stereocenters. The Balaban J connectivity index is 1.38. The van der Waals surface area contributed by atoms with Gasteiger partial charge in [-0.05, 0) is 35.2 Å². The van der Waals surface area contributed by atoms with Crippen molar-refractivity contribution in [1.29, 1.82) is 0 Å². The molecule has 0 radical (unpaired) electrons. The van der Waals surface area contributed by atoms with E-state index in [0.717, 1.165) is 22.6 Å². The van der Waals surface area contributed by atoms with Gasteiger partial charge in [-0.25, -0.2) is 9.50 Å². The number of nitrogens with one attached hydrogen (secondary N) is 1. The summed E-state index contributed by atoms with van der Waals surface area (Å²) in [6.07, 6.45) is 3.26. The summed E-state index contributed by atoms with van der Waals surface area (Å²) in [7, 11) is 0. The predicted molar refractivity (Wildman–Crippen MR) is 116 cm³/mol. The summed E-state index contributed by atoms with van der Waals surface area (Å²) in [4.78, 5) is 17.2. The van der Waals surface area contributed by atoms with Crippen LogP contribution in [-0.4, -0.2) is 27.3 Å². The van der Waals surface area contributed by atoms with Crippen LogP contribution in [0, 0.1) is 0 Å². The van der Waals surface area contributed by atoms with E-state index in [9.17, 15) is 4.79 Å². The summed E-state index contributed by atoms with van der Waals surface area (Å²) in [6, 6.07) is 15.9. The minimum Gasteiger partial charge on any atom is -0.454 e. The third kappa shape index (κ3) is 3.59. The summed E-state index contributed by atoms with van der Waals surface area (Å²) in [5, 5.41) is 7.37. The highest BCUT2D eigenvalue weighted by molar-refractivity contribution is 5.99. The average molecular weight is 414 g/mol. The fourth-order valence-corrected chi connectivity index (χ4v) is 3.64. The van der Waals surface area contributed by atoms with Crippen LogP contribution in [0.4, 0.5) is 0 Å². The van der Waals surface area contributed by atoms with Gasteiger partial charge in [0, 0.05) is 18.3 Å². The normalized spacial score (nSPS) is 12.5. The van der Waals surface area contributed by atoms with Crippen LogP contribution in [0.1, 0.15) is 41.3 Å². The van der Waals surface area contributed by atoms with Crippen LogP contribution in [0.2, 0.25) is 0 Å². The van der Waals surface area contributed by atoms with Gasteiger partial charge < -0.3 is 14.8 Å². The summed E-state index contributed by atoms with van der Waals surface area (Å²) in [5.74, 6) is 1.65. The molecule has 1 aliphatic heterocycles. The molecule has 31 heavy (non-hydrogen) atoms. The van der Waals surface area contributed by atoms with E-state index in [1.54, 1.807) is 16.9 Å². The molecule has 0 spiro atoms. The fourth-order valence-electron chi connectivity index (χ4n) is 3.64. The Morgan fingerprint density at radius 3 is 2.71 bits per heavy atom. The highest BCUT2D eigenvalue weighted by Crippen LogP contribution is 2.32. The molecule has 1 aliphatic rings. The molecule has 0 saturated heterocycles. The first-order valence-corrected chi connectivity index (χ1v) is 10.2. The number of aromatic nitrogens is 3. The molecular formula is C24H22N4O3. The van der Waals surface area contributed by atoms with Crippen molar-refractivity contribution in [2.45, 2.75) is 26.3 Å². The highest BCUT2D eigenvalue weighted by Gasteiger charge is 2.17. The van der Waals surface area contributed by atoms with Gasteiger partial charge in [-0.15, -0.1) is 0 Å². The smallest absolute Gasteiger partial charge is 0.257 e. The Bertz CT molecular complexity index is 1260. The highest BCUT2D eigenvalue weighted by atomic mass is 16.7. The third-order valence-electron chi connectivity index (χ3n) is 5.41. The minimum atomic E-state index is -0.229. The summed E-state index contributed by atoms with van der Waals surface area (Å²) < 4.78 is 12.4. The van der Waals surface area contributed by atoms with E-state index >= 15 is 0 Å². The van der Waals surface area contributed by atoms with Gasteiger partial charge in [0.25, 0.3) is 5.91 Å². The number of amides is 1. The first kappa shape index (κ1) is 19.1. The predicted octanol–water partition coefficient (Wildman–Crippen LogP) is 4.18. The van der Waals surface area contributed by atoms with Crippen molar-refractivity contribution < 1.29 is 14.3 Å². The van der Waals surface area contributed by atoms with Crippen LogP contribution >= 0.6 is 0 Å². The molecule has 3 heterocycles. The number of nitrogens with zero attached hydrogens (tertiary/aromatic N) is 3. The molecule has 7 nitrogen and oxygen atoms in total. The zero-order chi connectivity index (χ0) is 21.4. The van der Waals surface area contributed by atoms with Crippen LogP contribution in [0.3, 0.4) is 0 Å². The lowest BCUT2D eigenvalue weighted by Gasteiger charge is -2.09. The number of hydrogen-bond donors (Lipinski definition) is 1. The van der Waals surface area contributed by atoms with Crippen molar-refractivity contribution in [3.05, 3.63) is 77.6 Å². The molecule has 5 rings (SSSR count). The van der Waals surface area contributed by atoms with Crippen molar-refractivity contribution in [2.75, 3.05) is 6.79 Å². The lowest BCUT2D eigenvalue weighted by molar-refractivity contribution is 0.0952. The molecule has 2 aromatic heterocycles. The number of carbonyl (C=O) groups excluding carboxylic acids is 1. The molecule has 0 fully saturated rings. The number of hydrogen-bond acceptors (Lipinski definition) is 5. The van der Waals surface area contributed by atoms with Gasteiger partial charge in [0.05, 0.1) is 11.9 Å². The van der Waals surface area contributed by atoms with E-state index in [4.69, 9.17) is 9.47 Å². The zero-order valence-electron chi connectivity index (χ0n) is 17.3. The maximum atomic E-state index is 12.8. The molecule has 1 N–H and O–H groups in total. The van der Waals surface area contributed by atoms with Crippen molar-refractivity contribution in [3.63, 3.8) is 0 Å². The maximum Gasteiger partial charge on any atom is 0.257 e. The fraction of sp³-hybridized carbons (Fsp3) is 0.208. The standard InChI is InChI=1S/C24H22N4O3/c1-15(2)17-4-6-18(7-5-17)20-9-10-25-23-19(13-27-28(20)23)24(29)26-12-16-3-8-21-22(11-16)31-14-30-21/h3-11,13,15H,12,14H2,1-2H3,(H,26,29). The zero-order valence-corrected chi connectivity index (χ0v) is 17.3. The van der Waals surface area contributed by atoms with Crippen LogP contribution in [0.5, 0.6) is 11.5 Å². The average Bonchev–Trinajstić information content (AvgIpc) is 3.44. The second-order valence-electron chi connectivity index (χ2n) is 7.77. The molecular weight excluding hydrogens is 392 g/mol. The topological polar surface area (TPSA) is 77.8 Å². The minimum absolute atomic E-state index is 0.224. The van der Waals surface area contributed by atoms with Crippen LogP contribution in [-0.2, 0) is 6.54 Å². The Labute approximate surface area is 179 Å². The van der Waals surface area contributed by atoms with Gasteiger partial charge in [-0.1, -0.05) is 44.2 Å². The number of rotatable bonds is 5. The van der Waals surface area contributed by atoms with Gasteiger partial charge in [0.1, 0.15) is 5.56 Å². The van der Waals surface area contributed by atoms with Gasteiger partial charge >= 0.3 is 0 Å². The molecule has 2 aromatic carbocycles. The van der Waals surface area contributed by atoms with Crippen molar-refractivity contribution in [1.82, 2.24) is 19.9 Å². The molecule has 1 amide bonds. The van der Waals surface area contributed by atoms with Crippen molar-refractivity contribution >= 4 is 11.6 Å². The van der Waals surface area contributed by atoms with Crippen LogP contribution in [0.15, 0.2) is 60.9 Å². The molecule has 4 aromatic rings. The van der Waals surface area contributed by atoms with E-state index in [1.165, 1.54) is 5.56 Å². The third-order valence-corrected chi connectivity index (χ3v) is 5.41. The second kappa shape index (κ2) is 7.75. The molecule has 0 saturated carbocycles. The van der Waals surface area contributed by atoms with Gasteiger partial charge in [-0.2, -0.15) is 5.10 Å². The van der Waals surface area contributed by atoms with Gasteiger partial charge in [-0.3, -0.25) is 4.79 Å². The van der Waals surface area contributed by atoms with E-state index in [-0.39, 0.29) is 12.7 Å². The lowest BCUT2D eigenvalue weighted by atomic mass is 10.0. The summed E-state index contributed by atoms with van der Waals surface area (Å²) in [6.45, 7) is 4.92. The van der Waals surface area contributed by atoms with E-state index < -0.39 is 0 Å². The SMILES string of the molecule is CC(C)c1ccc(-c2ccnc3c(C(=O)NCc4ccc5c(c4)OCO5)cnn23)cc1.